The van der Waals surface area contributed by atoms with Gasteiger partial charge in [-0.1, -0.05) is 12.1 Å². The Labute approximate surface area is 72.3 Å². The fraction of sp³-hybridized carbons (Fsp3) is 0.400. The number of rotatable bonds is 0. The van der Waals surface area contributed by atoms with Crippen LogP contribution in [0.25, 0.3) is 0 Å². The van der Waals surface area contributed by atoms with Gasteiger partial charge in [-0.05, 0) is 18.6 Å². The molecule has 0 aromatic heterocycles. The number of hydrogen-bond donors (Lipinski definition) is 1. The summed E-state index contributed by atoms with van der Waals surface area (Å²) in [6.45, 7) is 2.81. The highest BCUT2D eigenvalue weighted by Gasteiger charge is 2.16. The molecule has 12 heavy (non-hydrogen) atoms. The fourth-order valence-corrected chi connectivity index (χ4v) is 1.52. The van der Waals surface area contributed by atoms with Crippen LogP contribution in [0.2, 0.25) is 0 Å². The van der Waals surface area contributed by atoms with Gasteiger partial charge in [-0.25, -0.2) is 0 Å². The molecule has 1 aromatic rings. The van der Waals surface area contributed by atoms with E-state index in [9.17, 15) is 0 Å². The second kappa shape index (κ2) is 2.79. The lowest BCUT2D eigenvalue weighted by atomic mass is 10.0. The highest BCUT2D eigenvalue weighted by atomic mass is 16.5. The normalized spacial score (nSPS) is 21.3. The summed E-state index contributed by atoms with van der Waals surface area (Å²) in [7, 11) is 0. The average molecular weight is 163 g/mol. The Bertz CT molecular complexity index is 296. The maximum absolute atomic E-state index is 5.92. The van der Waals surface area contributed by atoms with Crippen LogP contribution in [-0.4, -0.2) is 6.61 Å². The second-order valence-electron chi connectivity index (χ2n) is 3.28. The van der Waals surface area contributed by atoms with Crippen LogP contribution in [0, 0.1) is 6.92 Å². The molecule has 0 bridgehead atoms. The lowest BCUT2D eigenvalue weighted by Gasteiger charge is -2.22. The minimum absolute atomic E-state index is 0.161. The number of benzene rings is 1. The van der Waals surface area contributed by atoms with Crippen molar-refractivity contribution in [3.05, 3.63) is 29.3 Å². The van der Waals surface area contributed by atoms with Crippen molar-refractivity contribution in [1.82, 2.24) is 0 Å². The van der Waals surface area contributed by atoms with Crippen LogP contribution in [0.3, 0.4) is 0 Å². The molecule has 2 N–H and O–H groups in total. The van der Waals surface area contributed by atoms with Gasteiger partial charge in [0.05, 0.1) is 6.61 Å². The third kappa shape index (κ3) is 1.18. The van der Waals surface area contributed by atoms with Crippen molar-refractivity contribution in [3.8, 4) is 5.75 Å². The van der Waals surface area contributed by atoms with Crippen molar-refractivity contribution >= 4 is 0 Å². The Balaban J connectivity index is 2.46. The zero-order valence-corrected chi connectivity index (χ0v) is 7.21. The van der Waals surface area contributed by atoms with Crippen LogP contribution in [0.15, 0.2) is 18.2 Å². The van der Waals surface area contributed by atoms with Crippen molar-refractivity contribution in [1.29, 1.82) is 0 Å². The van der Waals surface area contributed by atoms with E-state index in [1.54, 1.807) is 0 Å². The number of ether oxygens (including phenoxy) is 1. The molecule has 2 rings (SSSR count). The number of fused-ring (bicyclic) bond motifs is 1. The van der Waals surface area contributed by atoms with Crippen LogP contribution in [-0.2, 0) is 0 Å². The average Bonchev–Trinajstić information content (AvgIpc) is 2.04. The molecular formula is C10H13NO. The summed E-state index contributed by atoms with van der Waals surface area (Å²) in [4.78, 5) is 0. The number of hydrogen-bond acceptors (Lipinski definition) is 2. The zero-order chi connectivity index (χ0) is 8.55. The maximum atomic E-state index is 5.92. The van der Waals surface area contributed by atoms with Crippen LogP contribution in [0.5, 0.6) is 5.75 Å². The van der Waals surface area contributed by atoms with Crippen molar-refractivity contribution < 1.29 is 4.74 Å². The Kier molecular flexibility index (Phi) is 1.77. The summed E-state index contributed by atoms with van der Waals surface area (Å²) < 4.78 is 5.49. The van der Waals surface area contributed by atoms with E-state index >= 15 is 0 Å². The molecule has 0 saturated heterocycles. The zero-order valence-electron chi connectivity index (χ0n) is 7.21. The molecule has 0 saturated carbocycles. The van der Waals surface area contributed by atoms with Crippen molar-refractivity contribution in [2.75, 3.05) is 6.61 Å². The van der Waals surface area contributed by atoms with E-state index in [2.05, 4.69) is 19.1 Å². The minimum Gasteiger partial charge on any atom is -0.493 e. The third-order valence-electron chi connectivity index (χ3n) is 2.25. The number of nitrogens with two attached hydrogens (primary N) is 1. The van der Waals surface area contributed by atoms with Crippen LogP contribution >= 0.6 is 0 Å². The van der Waals surface area contributed by atoms with Crippen molar-refractivity contribution in [3.63, 3.8) is 0 Å². The van der Waals surface area contributed by atoms with E-state index in [4.69, 9.17) is 10.5 Å². The second-order valence-corrected chi connectivity index (χ2v) is 3.28. The Morgan fingerprint density at radius 2 is 2.33 bits per heavy atom. The molecule has 2 nitrogen and oxygen atoms in total. The van der Waals surface area contributed by atoms with Gasteiger partial charge in [0, 0.05) is 18.0 Å². The predicted octanol–water partition coefficient (Wildman–Crippen LogP) is 1.78. The standard InChI is InChI=1S/C10H13NO/c1-7-2-3-8-9(11)4-5-12-10(8)6-7/h2-3,6,9H,4-5,11H2,1H3. The molecule has 1 atom stereocenters. The molecule has 1 aliphatic heterocycles. The Morgan fingerprint density at radius 1 is 1.50 bits per heavy atom. The van der Waals surface area contributed by atoms with Gasteiger partial charge in [0.2, 0.25) is 0 Å². The third-order valence-corrected chi connectivity index (χ3v) is 2.25. The van der Waals surface area contributed by atoms with Gasteiger partial charge in [0.25, 0.3) is 0 Å². The van der Waals surface area contributed by atoms with Crippen LogP contribution in [0.1, 0.15) is 23.6 Å². The number of aryl methyl sites for hydroxylation is 1. The van der Waals surface area contributed by atoms with Gasteiger partial charge in [-0.2, -0.15) is 0 Å². The molecule has 0 amide bonds. The summed E-state index contributed by atoms with van der Waals surface area (Å²) in [6.07, 6.45) is 0.927. The summed E-state index contributed by atoms with van der Waals surface area (Å²) in [5, 5.41) is 0. The molecular weight excluding hydrogens is 150 g/mol. The minimum atomic E-state index is 0.161. The van der Waals surface area contributed by atoms with E-state index in [0.29, 0.717) is 0 Å². The molecule has 64 valence electrons. The smallest absolute Gasteiger partial charge is 0.124 e. The van der Waals surface area contributed by atoms with Crippen molar-refractivity contribution in [2.45, 2.75) is 19.4 Å². The largest absolute Gasteiger partial charge is 0.493 e. The fourth-order valence-electron chi connectivity index (χ4n) is 1.52. The lowest BCUT2D eigenvalue weighted by Crippen LogP contribution is -2.20. The van der Waals surface area contributed by atoms with Crippen LogP contribution < -0.4 is 10.5 Å². The molecule has 2 heteroatoms. The molecule has 1 aliphatic rings. The van der Waals surface area contributed by atoms with Gasteiger partial charge in [-0.15, -0.1) is 0 Å². The highest BCUT2D eigenvalue weighted by molar-refractivity contribution is 5.40. The molecule has 0 spiro atoms. The first-order valence-electron chi connectivity index (χ1n) is 4.26. The topological polar surface area (TPSA) is 35.2 Å². The van der Waals surface area contributed by atoms with Gasteiger partial charge in [0.15, 0.2) is 0 Å². The lowest BCUT2D eigenvalue weighted by molar-refractivity contribution is 0.269. The molecule has 0 radical (unpaired) electrons. The van der Waals surface area contributed by atoms with Crippen LogP contribution in [0.4, 0.5) is 0 Å². The maximum Gasteiger partial charge on any atom is 0.124 e. The van der Waals surface area contributed by atoms with E-state index in [0.717, 1.165) is 24.3 Å². The first-order chi connectivity index (χ1) is 5.77. The molecule has 1 aromatic carbocycles. The first kappa shape index (κ1) is 7.62. The SMILES string of the molecule is Cc1ccc2c(c1)OCCC2N. The van der Waals surface area contributed by atoms with E-state index in [1.807, 2.05) is 6.07 Å². The predicted molar refractivity (Wildman–Crippen MR) is 48.2 cm³/mol. The summed E-state index contributed by atoms with van der Waals surface area (Å²) >= 11 is 0. The van der Waals surface area contributed by atoms with E-state index in [1.165, 1.54) is 5.56 Å². The van der Waals surface area contributed by atoms with Gasteiger partial charge < -0.3 is 10.5 Å². The quantitative estimate of drug-likeness (QED) is 0.632. The molecule has 0 fully saturated rings. The van der Waals surface area contributed by atoms with E-state index < -0.39 is 0 Å². The van der Waals surface area contributed by atoms with Crippen molar-refractivity contribution in [2.24, 2.45) is 5.73 Å². The van der Waals surface area contributed by atoms with Gasteiger partial charge >= 0.3 is 0 Å². The molecule has 1 unspecified atom stereocenters. The monoisotopic (exact) mass is 163 g/mol. The molecule has 0 aliphatic carbocycles. The highest BCUT2D eigenvalue weighted by Crippen LogP contribution is 2.30. The first-order valence-corrected chi connectivity index (χ1v) is 4.26. The Hall–Kier alpha value is -1.02. The van der Waals surface area contributed by atoms with Gasteiger partial charge in [0.1, 0.15) is 5.75 Å². The summed E-state index contributed by atoms with van der Waals surface area (Å²) in [6, 6.07) is 6.35. The van der Waals surface area contributed by atoms with E-state index in [-0.39, 0.29) is 6.04 Å². The van der Waals surface area contributed by atoms with Gasteiger partial charge in [-0.3, -0.25) is 0 Å². The Morgan fingerprint density at radius 3 is 3.17 bits per heavy atom. The summed E-state index contributed by atoms with van der Waals surface area (Å²) in [5.41, 5.74) is 8.29. The molecule has 1 heterocycles. The summed E-state index contributed by atoms with van der Waals surface area (Å²) in [5.74, 6) is 0.966.